The van der Waals surface area contributed by atoms with Gasteiger partial charge in [-0.1, -0.05) is 12.1 Å². The van der Waals surface area contributed by atoms with Crippen LogP contribution in [0.5, 0.6) is 5.75 Å². The number of piperazine rings is 1. The second-order valence-corrected chi connectivity index (χ2v) is 10.1. The number of nitrogens with one attached hydrogen (secondary N) is 1. The molecule has 0 atom stereocenters. The van der Waals surface area contributed by atoms with Gasteiger partial charge in [0.15, 0.2) is 0 Å². The van der Waals surface area contributed by atoms with E-state index in [1.165, 1.54) is 0 Å². The number of rotatable bonds is 5. The van der Waals surface area contributed by atoms with Crippen LogP contribution in [0.1, 0.15) is 50.7 Å². The van der Waals surface area contributed by atoms with Crippen molar-refractivity contribution in [1.29, 1.82) is 0 Å². The van der Waals surface area contributed by atoms with Crippen LogP contribution in [0.3, 0.4) is 0 Å². The lowest BCUT2D eigenvalue weighted by molar-refractivity contribution is -0.131. The molecular weight excluding hydrogens is 468 g/mol. The van der Waals surface area contributed by atoms with Gasteiger partial charge in [0.2, 0.25) is 17.8 Å². The lowest BCUT2D eigenvalue weighted by Crippen LogP contribution is -2.49. The van der Waals surface area contributed by atoms with E-state index < -0.39 is 0 Å². The molecule has 2 aliphatic rings. The van der Waals surface area contributed by atoms with Crippen LogP contribution in [0.4, 0.5) is 5.95 Å². The lowest BCUT2D eigenvalue weighted by atomic mass is 10.0. The van der Waals surface area contributed by atoms with Crippen molar-refractivity contribution in [3.05, 3.63) is 47.8 Å². The van der Waals surface area contributed by atoms with Crippen LogP contribution in [0.15, 0.2) is 36.7 Å². The zero-order chi connectivity index (χ0) is 26.0. The third-order valence-electron chi connectivity index (χ3n) is 7.07. The molecule has 1 fully saturated rings. The van der Waals surface area contributed by atoms with Gasteiger partial charge in [-0.3, -0.25) is 14.5 Å². The molecule has 9 nitrogen and oxygen atoms in total. The monoisotopic (exact) mass is 508 g/mol. The van der Waals surface area contributed by atoms with Gasteiger partial charge in [-0.15, -0.1) is 0 Å². The van der Waals surface area contributed by atoms with Crippen LogP contribution in [0, 0.1) is 0 Å². The van der Waals surface area contributed by atoms with Gasteiger partial charge in [-0.2, -0.15) is 0 Å². The molecule has 1 aromatic carbocycles. The van der Waals surface area contributed by atoms with Gasteiger partial charge < -0.3 is 19.9 Å². The van der Waals surface area contributed by atoms with Gasteiger partial charge in [0.05, 0.1) is 13.2 Å². The van der Waals surface area contributed by atoms with Gasteiger partial charge in [0, 0.05) is 69.7 Å². The molecule has 1 N–H and O–H groups in total. The first-order chi connectivity index (χ1) is 18.0. The third kappa shape index (κ3) is 7.89. The third-order valence-corrected chi connectivity index (χ3v) is 7.07. The first-order valence-electron chi connectivity index (χ1n) is 13.5. The standard InChI is InChI=1S/C28H40N6O3/c1-22(2)34-20-24-19-23(7-9-25(24)37-18-5-3-4-11-29-26(35)21-34)8-10-27(36)32-14-16-33(17-15-32)28-30-12-6-13-31-28/h6-7,9,12-13,19,22H,3-5,8,10-11,14-18,20-21H2,1-2H3,(H,29,35). The normalized spacial score (nSPS) is 18.2. The van der Waals surface area contributed by atoms with Crippen molar-refractivity contribution in [1.82, 2.24) is 25.1 Å². The van der Waals surface area contributed by atoms with Crippen molar-refractivity contribution >= 4 is 17.8 Å². The van der Waals surface area contributed by atoms with Gasteiger partial charge >= 0.3 is 0 Å². The predicted octanol–water partition coefficient (Wildman–Crippen LogP) is 2.65. The summed E-state index contributed by atoms with van der Waals surface area (Å²) in [5.74, 6) is 1.84. The Labute approximate surface area is 220 Å². The van der Waals surface area contributed by atoms with E-state index in [9.17, 15) is 9.59 Å². The number of amides is 2. The Kier molecular flexibility index (Phi) is 9.71. The molecule has 2 aromatic rings. The van der Waals surface area contributed by atoms with Gasteiger partial charge in [0.25, 0.3) is 0 Å². The SMILES string of the molecule is CC(C)N1CC(=O)NCCCCCOc2ccc(CCC(=O)N3CCN(c4ncccn4)CC3)cc2C1. The quantitative estimate of drug-likeness (QED) is 0.664. The summed E-state index contributed by atoms with van der Waals surface area (Å²) in [6.07, 6.45) is 7.59. The maximum Gasteiger partial charge on any atom is 0.234 e. The number of hydrogen-bond acceptors (Lipinski definition) is 7. The Balaban J connectivity index is 1.37. The zero-order valence-electron chi connectivity index (χ0n) is 22.2. The molecule has 37 heavy (non-hydrogen) atoms. The summed E-state index contributed by atoms with van der Waals surface area (Å²) in [4.78, 5) is 40.3. The fourth-order valence-electron chi connectivity index (χ4n) is 4.77. The largest absolute Gasteiger partial charge is 0.493 e. The minimum atomic E-state index is 0.0658. The number of ether oxygens (including phenoxy) is 1. The molecule has 0 bridgehead atoms. The van der Waals surface area contributed by atoms with Gasteiger partial charge in [-0.05, 0) is 57.2 Å². The number of carbonyl (C=O) groups excluding carboxylic acids is 2. The van der Waals surface area contributed by atoms with E-state index in [2.05, 4.69) is 51.1 Å². The van der Waals surface area contributed by atoms with Crippen LogP contribution in [-0.2, 0) is 22.6 Å². The summed E-state index contributed by atoms with van der Waals surface area (Å²) in [5, 5.41) is 3.04. The molecular formula is C28H40N6O3. The van der Waals surface area contributed by atoms with Crippen molar-refractivity contribution in [3.63, 3.8) is 0 Å². The summed E-state index contributed by atoms with van der Waals surface area (Å²) in [7, 11) is 0. The number of hydrogen-bond donors (Lipinski definition) is 1. The smallest absolute Gasteiger partial charge is 0.234 e. The van der Waals surface area contributed by atoms with E-state index in [0.29, 0.717) is 52.2 Å². The highest BCUT2D eigenvalue weighted by Gasteiger charge is 2.23. The Morgan fingerprint density at radius 3 is 2.59 bits per heavy atom. The van der Waals surface area contributed by atoms with Crippen LogP contribution < -0.4 is 15.0 Å². The van der Waals surface area contributed by atoms with Crippen LogP contribution in [-0.4, -0.2) is 83.5 Å². The minimum Gasteiger partial charge on any atom is -0.493 e. The van der Waals surface area contributed by atoms with E-state index in [1.54, 1.807) is 12.4 Å². The van der Waals surface area contributed by atoms with E-state index in [0.717, 1.165) is 55.2 Å². The number of fused-ring (bicyclic) bond motifs is 1. The molecule has 1 aromatic heterocycles. The highest BCUT2D eigenvalue weighted by atomic mass is 16.5. The summed E-state index contributed by atoms with van der Waals surface area (Å²) in [5.41, 5.74) is 2.19. The van der Waals surface area contributed by atoms with Crippen molar-refractivity contribution in [3.8, 4) is 5.75 Å². The van der Waals surface area contributed by atoms with Crippen molar-refractivity contribution < 1.29 is 14.3 Å². The summed E-state index contributed by atoms with van der Waals surface area (Å²) >= 11 is 0. The maximum absolute atomic E-state index is 13.0. The van der Waals surface area contributed by atoms with Crippen molar-refractivity contribution in [2.75, 3.05) is 50.8 Å². The second-order valence-electron chi connectivity index (χ2n) is 10.1. The van der Waals surface area contributed by atoms with Crippen LogP contribution >= 0.6 is 0 Å². The van der Waals surface area contributed by atoms with E-state index in [-0.39, 0.29) is 17.9 Å². The van der Waals surface area contributed by atoms with E-state index >= 15 is 0 Å². The van der Waals surface area contributed by atoms with Crippen LogP contribution in [0.25, 0.3) is 0 Å². The molecule has 0 unspecified atom stereocenters. The van der Waals surface area contributed by atoms with Crippen LogP contribution in [0.2, 0.25) is 0 Å². The Hall–Kier alpha value is -3.20. The summed E-state index contributed by atoms with van der Waals surface area (Å²) < 4.78 is 6.16. The first kappa shape index (κ1) is 26.9. The minimum absolute atomic E-state index is 0.0658. The Bertz CT molecular complexity index is 1020. The molecule has 1 saturated heterocycles. The number of aromatic nitrogens is 2. The van der Waals surface area contributed by atoms with E-state index in [4.69, 9.17) is 4.74 Å². The molecule has 0 spiro atoms. The second kappa shape index (κ2) is 13.4. The molecule has 2 aliphatic heterocycles. The predicted molar refractivity (Wildman–Crippen MR) is 143 cm³/mol. The molecule has 4 rings (SSSR count). The molecule has 0 radical (unpaired) electrons. The van der Waals surface area contributed by atoms with Gasteiger partial charge in [-0.25, -0.2) is 9.97 Å². The van der Waals surface area contributed by atoms with Crippen molar-refractivity contribution in [2.45, 2.75) is 58.5 Å². The fourth-order valence-corrected chi connectivity index (χ4v) is 4.77. The fraction of sp³-hybridized carbons (Fsp3) is 0.571. The Morgan fingerprint density at radius 1 is 1.05 bits per heavy atom. The first-order valence-corrected chi connectivity index (χ1v) is 13.5. The molecule has 3 heterocycles. The van der Waals surface area contributed by atoms with E-state index in [1.807, 2.05) is 17.0 Å². The average Bonchev–Trinajstić information content (AvgIpc) is 2.93. The Morgan fingerprint density at radius 2 is 1.84 bits per heavy atom. The zero-order valence-corrected chi connectivity index (χ0v) is 22.2. The summed E-state index contributed by atoms with van der Waals surface area (Å²) in [6, 6.07) is 8.28. The molecule has 200 valence electrons. The topological polar surface area (TPSA) is 90.9 Å². The molecule has 2 amide bonds. The van der Waals surface area contributed by atoms with Gasteiger partial charge in [0.1, 0.15) is 5.75 Å². The number of carbonyl (C=O) groups is 2. The lowest BCUT2D eigenvalue weighted by Gasteiger charge is -2.34. The summed E-state index contributed by atoms with van der Waals surface area (Å²) in [6.45, 7) is 9.43. The van der Waals surface area contributed by atoms with Crippen molar-refractivity contribution in [2.24, 2.45) is 0 Å². The maximum atomic E-state index is 13.0. The number of nitrogens with zero attached hydrogens (tertiary/aromatic N) is 5. The average molecular weight is 509 g/mol. The number of anilines is 1. The number of aryl methyl sites for hydroxylation is 1. The highest BCUT2D eigenvalue weighted by Crippen LogP contribution is 2.25. The number of benzene rings is 1. The molecule has 0 aliphatic carbocycles. The highest BCUT2D eigenvalue weighted by molar-refractivity contribution is 5.78. The molecule has 9 heteroatoms. The molecule has 0 saturated carbocycles.